The van der Waals surface area contributed by atoms with Gasteiger partial charge in [-0.25, -0.2) is 9.78 Å². The number of nitrogens with zero attached hydrogens (tertiary/aromatic N) is 3. The molecular weight excluding hydrogens is 332 g/mol. The van der Waals surface area contributed by atoms with E-state index in [1.807, 2.05) is 6.92 Å². The Labute approximate surface area is 149 Å². The van der Waals surface area contributed by atoms with Gasteiger partial charge in [-0.2, -0.15) is 4.98 Å². The maximum Gasteiger partial charge on any atom is 0.335 e. The molecule has 7 nitrogen and oxygen atoms in total. The van der Waals surface area contributed by atoms with Crippen LogP contribution < -0.4 is 10.9 Å². The van der Waals surface area contributed by atoms with Crippen LogP contribution in [0.5, 0.6) is 0 Å². The van der Waals surface area contributed by atoms with E-state index in [9.17, 15) is 9.59 Å². The van der Waals surface area contributed by atoms with Crippen molar-refractivity contribution in [3.8, 4) is 0 Å². The van der Waals surface area contributed by atoms with Crippen molar-refractivity contribution in [2.75, 3.05) is 5.32 Å². The molecule has 1 saturated carbocycles. The fraction of sp³-hybridized carbons (Fsp3) is 0.263. The van der Waals surface area contributed by atoms with Crippen molar-refractivity contribution in [1.82, 2.24) is 14.5 Å². The SMILES string of the molecule is Cc1cc(=O)n(CC2CC2)c2nc(Nc3ccc(C(=O)O)cc3)ncc12. The molecule has 0 unspecified atom stereocenters. The summed E-state index contributed by atoms with van der Waals surface area (Å²) in [4.78, 5) is 32.2. The normalized spacial score (nSPS) is 13.7. The van der Waals surface area contributed by atoms with Gasteiger partial charge in [-0.15, -0.1) is 0 Å². The number of carbonyl (C=O) groups is 1. The number of anilines is 2. The minimum atomic E-state index is -0.974. The number of aromatic carboxylic acids is 1. The molecule has 3 aromatic rings. The first-order chi connectivity index (χ1) is 12.5. The summed E-state index contributed by atoms with van der Waals surface area (Å²) in [6.45, 7) is 2.56. The zero-order valence-corrected chi connectivity index (χ0v) is 14.3. The summed E-state index contributed by atoms with van der Waals surface area (Å²) in [6, 6.07) is 7.97. The van der Waals surface area contributed by atoms with E-state index in [1.54, 1.807) is 29.0 Å². The third kappa shape index (κ3) is 3.15. The van der Waals surface area contributed by atoms with Crippen molar-refractivity contribution in [3.05, 3.63) is 58.0 Å². The van der Waals surface area contributed by atoms with E-state index in [0.29, 0.717) is 29.7 Å². The Morgan fingerprint density at radius 3 is 2.69 bits per heavy atom. The Morgan fingerprint density at radius 1 is 1.31 bits per heavy atom. The fourth-order valence-corrected chi connectivity index (χ4v) is 2.92. The van der Waals surface area contributed by atoms with E-state index in [2.05, 4.69) is 15.3 Å². The number of fused-ring (bicyclic) bond motifs is 1. The number of aryl methyl sites for hydroxylation is 1. The summed E-state index contributed by atoms with van der Waals surface area (Å²) in [5.41, 5.74) is 2.33. The molecule has 132 valence electrons. The van der Waals surface area contributed by atoms with Crippen LogP contribution in [0.25, 0.3) is 11.0 Å². The number of hydrogen-bond acceptors (Lipinski definition) is 5. The highest BCUT2D eigenvalue weighted by molar-refractivity contribution is 5.88. The second-order valence-electron chi connectivity index (χ2n) is 6.66. The average molecular weight is 350 g/mol. The lowest BCUT2D eigenvalue weighted by Crippen LogP contribution is -2.22. The number of carboxylic acids is 1. The number of benzene rings is 1. The van der Waals surface area contributed by atoms with Crippen molar-refractivity contribution in [3.63, 3.8) is 0 Å². The molecule has 0 amide bonds. The largest absolute Gasteiger partial charge is 0.478 e. The fourth-order valence-electron chi connectivity index (χ4n) is 2.92. The smallest absolute Gasteiger partial charge is 0.335 e. The van der Waals surface area contributed by atoms with Gasteiger partial charge in [0, 0.05) is 29.9 Å². The lowest BCUT2D eigenvalue weighted by Gasteiger charge is -2.12. The Kier molecular flexibility index (Phi) is 3.91. The lowest BCUT2D eigenvalue weighted by molar-refractivity contribution is 0.0697. The van der Waals surface area contributed by atoms with Crippen molar-refractivity contribution in [1.29, 1.82) is 0 Å². The number of carboxylic acid groups (broad SMARTS) is 1. The molecule has 1 aliphatic rings. The summed E-state index contributed by atoms with van der Waals surface area (Å²) in [7, 11) is 0. The first kappa shape index (κ1) is 16.3. The van der Waals surface area contributed by atoms with E-state index < -0.39 is 5.97 Å². The molecule has 26 heavy (non-hydrogen) atoms. The van der Waals surface area contributed by atoms with Gasteiger partial charge in [0.15, 0.2) is 0 Å². The third-order valence-corrected chi connectivity index (χ3v) is 4.58. The predicted octanol–water partition coefficient (Wildman–Crippen LogP) is 2.95. The van der Waals surface area contributed by atoms with Crippen LogP contribution in [0, 0.1) is 12.8 Å². The minimum Gasteiger partial charge on any atom is -0.478 e. The molecule has 0 spiro atoms. The number of rotatable bonds is 5. The molecule has 2 heterocycles. The van der Waals surface area contributed by atoms with Gasteiger partial charge in [-0.3, -0.25) is 9.36 Å². The number of nitrogens with one attached hydrogen (secondary N) is 1. The molecule has 1 fully saturated rings. The first-order valence-corrected chi connectivity index (χ1v) is 8.49. The van der Waals surface area contributed by atoms with Crippen LogP contribution in [-0.2, 0) is 6.54 Å². The molecule has 7 heteroatoms. The summed E-state index contributed by atoms with van der Waals surface area (Å²) in [5.74, 6) is -0.0539. The van der Waals surface area contributed by atoms with Crippen LogP contribution in [-0.4, -0.2) is 25.6 Å². The summed E-state index contributed by atoms with van der Waals surface area (Å²) >= 11 is 0. The molecule has 1 aliphatic carbocycles. The van der Waals surface area contributed by atoms with Crippen molar-refractivity contribution in [2.45, 2.75) is 26.3 Å². The molecule has 0 saturated heterocycles. The van der Waals surface area contributed by atoms with Crippen LogP contribution in [0.1, 0.15) is 28.8 Å². The second kappa shape index (κ2) is 6.25. The van der Waals surface area contributed by atoms with Gasteiger partial charge in [0.05, 0.1) is 5.56 Å². The number of aromatic nitrogens is 3. The molecule has 2 aromatic heterocycles. The molecule has 2 N–H and O–H groups in total. The number of hydrogen-bond donors (Lipinski definition) is 2. The molecule has 0 bridgehead atoms. The Morgan fingerprint density at radius 2 is 2.04 bits per heavy atom. The molecule has 0 radical (unpaired) electrons. The lowest BCUT2D eigenvalue weighted by atomic mass is 10.2. The second-order valence-corrected chi connectivity index (χ2v) is 6.66. The maximum atomic E-state index is 12.4. The average Bonchev–Trinajstić information content (AvgIpc) is 3.43. The number of pyridine rings is 1. The van der Waals surface area contributed by atoms with Crippen LogP contribution in [0.4, 0.5) is 11.6 Å². The summed E-state index contributed by atoms with van der Waals surface area (Å²) < 4.78 is 1.72. The monoisotopic (exact) mass is 350 g/mol. The van der Waals surface area contributed by atoms with Crippen LogP contribution >= 0.6 is 0 Å². The van der Waals surface area contributed by atoms with Crippen molar-refractivity contribution >= 4 is 28.6 Å². The summed E-state index contributed by atoms with van der Waals surface area (Å²) in [6.07, 6.45) is 4.01. The van der Waals surface area contributed by atoms with Gasteiger partial charge in [-0.05, 0) is 55.5 Å². The van der Waals surface area contributed by atoms with Crippen LogP contribution in [0.15, 0.2) is 41.3 Å². The first-order valence-electron chi connectivity index (χ1n) is 8.49. The van der Waals surface area contributed by atoms with Crippen LogP contribution in [0.3, 0.4) is 0 Å². The topological polar surface area (TPSA) is 97.1 Å². The van der Waals surface area contributed by atoms with Gasteiger partial charge in [0.1, 0.15) is 5.65 Å². The van der Waals surface area contributed by atoms with E-state index in [4.69, 9.17) is 5.11 Å². The maximum absolute atomic E-state index is 12.4. The van der Waals surface area contributed by atoms with Crippen molar-refractivity contribution in [2.24, 2.45) is 5.92 Å². The van der Waals surface area contributed by atoms with Gasteiger partial charge in [0.2, 0.25) is 5.95 Å². The van der Waals surface area contributed by atoms with Gasteiger partial charge in [-0.1, -0.05) is 0 Å². The quantitative estimate of drug-likeness (QED) is 0.734. The Balaban J connectivity index is 1.71. The highest BCUT2D eigenvalue weighted by Gasteiger charge is 2.23. The molecule has 0 aliphatic heterocycles. The zero-order valence-electron chi connectivity index (χ0n) is 14.3. The third-order valence-electron chi connectivity index (χ3n) is 4.58. The van der Waals surface area contributed by atoms with Crippen molar-refractivity contribution < 1.29 is 9.90 Å². The van der Waals surface area contributed by atoms with E-state index in [0.717, 1.165) is 23.8 Å². The highest BCUT2D eigenvalue weighted by Crippen LogP contribution is 2.31. The Bertz CT molecular complexity index is 1050. The highest BCUT2D eigenvalue weighted by atomic mass is 16.4. The molecular formula is C19H18N4O3. The molecule has 1 aromatic carbocycles. The standard InChI is InChI=1S/C19H18N4O3/c1-11-8-16(24)23(10-12-2-3-12)17-15(11)9-20-19(22-17)21-14-6-4-13(5-7-14)18(25)26/h4-9,12H,2-3,10H2,1H3,(H,25,26)(H,20,21,22). The van der Waals surface area contributed by atoms with Crippen LogP contribution in [0.2, 0.25) is 0 Å². The molecule has 4 rings (SSSR count). The van der Waals surface area contributed by atoms with E-state index >= 15 is 0 Å². The van der Waals surface area contributed by atoms with Gasteiger partial charge < -0.3 is 10.4 Å². The predicted molar refractivity (Wildman–Crippen MR) is 97.9 cm³/mol. The van der Waals surface area contributed by atoms with Gasteiger partial charge in [0.25, 0.3) is 5.56 Å². The molecule has 0 atom stereocenters. The van der Waals surface area contributed by atoms with E-state index in [1.165, 1.54) is 12.1 Å². The van der Waals surface area contributed by atoms with Gasteiger partial charge >= 0.3 is 5.97 Å². The minimum absolute atomic E-state index is 0.0441. The summed E-state index contributed by atoms with van der Waals surface area (Å²) in [5, 5.41) is 12.9. The Hall–Kier alpha value is -3.22. The van der Waals surface area contributed by atoms with E-state index in [-0.39, 0.29) is 11.1 Å². The zero-order chi connectivity index (χ0) is 18.3.